The molecule has 1 aliphatic heterocycles. The van der Waals surface area contributed by atoms with Gasteiger partial charge >= 0.3 is 5.97 Å². The number of aromatic nitrogens is 1. The first-order valence-electron chi connectivity index (χ1n) is 21.4. The van der Waals surface area contributed by atoms with Gasteiger partial charge in [0.2, 0.25) is 11.2 Å². The van der Waals surface area contributed by atoms with E-state index in [-0.39, 0.29) is 72.8 Å². The van der Waals surface area contributed by atoms with E-state index in [0.717, 1.165) is 38.0 Å². The molecule has 0 aliphatic carbocycles. The van der Waals surface area contributed by atoms with Crippen LogP contribution in [0.5, 0.6) is 11.5 Å². The van der Waals surface area contributed by atoms with Gasteiger partial charge in [0.15, 0.2) is 6.61 Å². The summed E-state index contributed by atoms with van der Waals surface area (Å²) in [5.74, 6) is -1.17. The zero-order valence-corrected chi connectivity index (χ0v) is 35.4. The van der Waals surface area contributed by atoms with Gasteiger partial charge < -0.3 is 45.7 Å². The molecule has 7 N–H and O–H groups in total. The Morgan fingerprint density at radius 2 is 1.50 bits per heavy atom. The summed E-state index contributed by atoms with van der Waals surface area (Å²) >= 11 is 0. The highest BCUT2D eigenvalue weighted by molar-refractivity contribution is 5.94. The van der Waals surface area contributed by atoms with Crippen LogP contribution in [0.2, 0.25) is 0 Å². The first-order chi connectivity index (χ1) is 31.1. The SMILES string of the molecule is O=C(COc1cccc([C@](O)(C(=O)OCC2CCN(Cc3ccccc3)CC2)c2ccccc2)c1)NCCNC(=O)c1ccc(CNC[C@H](O)c2ccc(O)c3[nH]c(=O)ccc23)cc1. The average Bonchev–Trinajstić information content (AvgIpc) is 3.32. The number of aromatic amines is 1. The number of hydrogen-bond donors (Lipinski definition) is 7. The molecule has 1 saturated heterocycles. The molecule has 64 heavy (non-hydrogen) atoms. The molecule has 0 unspecified atom stereocenters. The molecule has 2 heterocycles. The van der Waals surface area contributed by atoms with Gasteiger partial charge in [-0.1, -0.05) is 91.0 Å². The van der Waals surface area contributed by atoms with E-state index in [1.54, 1.807) is 84.9 Å². The fraction of sp³-hybridized carbons (Fsp3) is 0.280. The molecule has 1 aliphatic rings. The van der Waals surface area contributed by atoms with Crippen LogP contribution in [0.15, 0.2) is 138 Å². The van der Waals surface area contributed by atoms with Crippen molar-refractivity contribution < 1.29 is 39.2 Å². The van der Waals surface area contributed by atoms with Gasteiger partial charge in [-0.3, -0.25) is 19.3 Å². The summed E-state index contributed by atoms with van der Waals surface area (Å²) < 4.78 is 11.6. The van der Waals surface area contributed by atoms with Gasteiger partial charge in [-0.15, -0.1) is 0 Å². The number of carbonyl (C=O) groups excluding carboxylic acids is 3. The van der Waals surface area contributed by atoms with Crippen LogP contribution in [0.3, 0.4) is 0 Å². The predicted molar refractivity (Wildman–Crippen MR) is 241 cm³/mol. The Bertz CT molecular complexity index is 2560. The van der Waals surface area contributed by atoms with Crippen LogP contribution in [0.4, 0.5) is 0 Å². The van der Waals surface area contributed by atoms with Crippen molar-refractivity contribution in [2.24, 2.45) is 5.92 Å². The maximum atomic E-state index is 13.8. The van der Waals surface area contributed by atoms with Crippen molar-refractivity contribution in [2.45, 2.75) is 37.6 Å². The van der Waals surface area contributed by atoms with Crippen molar-refractivity contribution in [2.75, 3.05) is 45.9 Å². The number of carbonyl (C=O) groups is 3. The second-order valence-electron chi connectivity index (χ2n) is 15.9. The molecular formula is C50H53N5O9. The van der Waals surface area contributed by atoms with Crippen molar-refractivity contribution in [1.29, 1.82) is 0 Å². The highest BCUT2D eigenvalue weighted by atomic mass is 16.5. The van der Waals surface area contributed by atoms with Gasteiger partial charge in [-0.05, 0) is 90.5 Å². The third-order valence-electron chi connectivity index (χ3n) is 11.4. The topological polar surface area (TPSA) is 203 Å². The van der Waals surface area contributed by atoms with E-state index in [4.69, 9.17) is 9.47 Å². The van der Waals surface area contributed by atoms with E-state index in [1.807, 2.05) is 18.2 Å². The summed E-state index contributed by atoms with van der Waals surface area (Å²) in [5, 5.41) is 42.3. The van der Waals surface area contributed by atoms with Crippen LogP contribution in [-0.4, -0.2) is 88.9 Å². The average molecular weight is 868 g/mol. The lowest BCUT2D eigenvalue weighted by atomic mass is 9.86. The molecule has 0 bridgehead atoms. The Labute approximate surface area is 370 Å². The number of benzene rings is 5. The second-order valence-corrected chi connectivity index (χ2v) is 15.9. The number of esters is 1. The van der Waals surface area contributed by atoms with Gasteiger partial charge in [0.05, 0.1) is 18.2 Å². The molecule has 1 fully saturated rings. The summed E-state index contributed by atoms with van der Waals surface area (Å²) in [6.07, 6.45) is 0.843. The van der Waals surface area contributed by atoms with E-state index in [0.29, 0.717) is 28.6 Å². The minimum Gasteiger partial charge on any atom is -0.506 e. The third-order valence-corrected chi connectivity index (χ3v) is 11.4. The summed E-state index contributed by atoms with van der Waals surface area (Å²) in [4.78, 5) is 56.0. The maximum absolute atomic E-state index is 13.8. The number of likely N-dealkylation sites (tertiary alicyclic amines) is 1. The normalized spacial score (nSPS) is 14.6. The molecule has 2 atom stereocenters. The first-order valence-corrected chi connectivity index (χ1v) is 21.4. The number of nitrogens with zero attached hydrogens (tertiary/aromatic N) is 1. The molecule has 2 amide bonds. The van der Waals surface area contributed by atoms with Crippen LogP contribution in [-0.2, 0) is 33.0 Å². The van der Waals surface area contributed by atoms with Gasteiger partial charge in [0, 0.05) is 55.3 Å². The van der Waals surface area contributed by atoms with E-state index < -0.39 is 23.6 Å². The number of aliphatic hydroxyl groups excluding tert-OH is 1. The largest absolute Gasteiger partial charge is 0.506 e. The summed E-state index contributed by atoms with van der Waals surface area (Å²) in [6.45, 7) is 3.45. The van der Waals surface area contributed by atoms with Crippen molar-refractivity contribution in [3.05, 3.63) is 177 Å². The Morgan fingerprint density at radius 3 is 2.25 bits per heavy atom. The van der Waals surface area contributed by atoms with Crippen molar-refractivity contribution >= 4 is 28.7 Å². The number of H-pyrrole nitrogens is 1. The third kappa shape index (κ3) is 11.6. The summed E-state index contributed by atoms with van der Waals surface area (Å²) in [6, 6.07) is 38.3. The van der Waals surface area contributed by atoms with E-state index in [1.165, 1.54) is 23.8 Å². The number of pyridine rings is 1. The second kappa shape index (κ2) is 21.5. The number of aliphatic hydroxyl groups is 2. The van der Waals surface area contributed by atoms with Crippen LogP contribution in [0, 0.1) is 5.92 Å². The lowest BCUT2D eigenvalue weighted by Gasteiger charge is -2.33. The lowest BCUT2D eigenvalue weighted by Crippen LogP contribution is -2.40. The zero-order chi connectivity index (χ0) is 44.9. The van der Waals surface area contributed by atoms with Crippen LogP contribution in [0.1, 0.15) is 57.1 Å². The Hall–Kier alpha value is -6.84. The molecule has 6 aromatic rings. The monoisotopic (exact) mass is 867 g/mol. The standard InChI is InChI=1S/C50H53N5O9/c56-43-20-18-41(42-19-21-45(58)54-47(42)43)44(57)30-51-29-34-14-16-37(17-15-34)48(60)53-25-24-52-46(59)33-63-40-13-7-12-39(28-40)50(62,38-10-5-2-6-11-38)49(61)64-32-36-22-26-55(27-23-36)31-35-8-3-1-4-9-35/h1-21,28,36,44,51,56-57,62H,22-27,29-33H2,(H,52,59)(H,53,60)(H,54,58)/t44-,50-/m0/s1. The Morgan fingerprint density at radius 1 is 0.797 bits per heavy atom. The lowest BCUT2D eigenvalue weighted by molar-refractivity contribution is -0.164. The molecule has 14 nitrogen and oxygen atoms in total. The van der Waals surface area contributed by atoms with Crippen molar-refractivity contribution in [3.63, 3.8) is 0 Å². The number of fused-ring (bicyclic) bond motifs is 1. The quantitative estimate of drug-likeness (QED) is 0.0441. The maximum Gasteiger partial charge on any atom is 0.347 e. The minimum atomic E-state index is -2.12. The van der Waals surface area contributed by atoms with E-state index in [2.05, 4.69) is 38.0 Å². The smallest absolute Gasteiger partial charge is 0.347 e. The molecule has 5 aromatic carbocycles. The molecular weight excluding hydrogens is 815 g/mol. The number of nitrogens with one attached hydrogen (secondary N) is 4. The van der Waals surface area contributed by atoms with Crippen molar-refractivity contribution in [3.8, 4) is 11.5 Å². The van der Waals surface area contributed by atoms with Gasteiger partial charge in [-0.25, -0.2) is 4.79 Å². The number of rotatable bonds is 19. The fourth-order valence-corrected chi connectivity index (χ4v) is 7.81. The van der Waals surface area contributed by atoms with Crippen LogP contribution >= 0.6 is 0 Å². The summed E-state index contributed by atoms with van der Waals surface area (Å²) in [5.41, 5.74) is 1.51. The molecule has 332 valence electrons. The molecule has 1 aromatic heterocycles. The number of amides is 2. The molecule has 14 heteroatoms. The number of aromatic hydroxyl groups is 1. The molecule has 0 saturated carbocycles. The number of hydrogen-bond acceptors (Lipinski definition) is 11. The molecule has 0 radical (unpaired) electrons. The fourth-order valence-electron chi connectivity index (χ4n) is 7.81. The number of phenolic OH excluding ortho intramolecular Hbond substituents is 1. The first kappa shape index (κ1) is 45.2. The van der Waals surface area contributed by atoms with Gasteiger partial charge in [0.25, 0.3) is 11.8 Å². The minimum absolute atomic E-state index is 0.0798. The number of ether oxygens (including phenoxy) is 2. The van der Waals surface area contributed by atoms with Crippen molar-refractivity contribution in [1.82, 2.24) is 25.8 Å². The van der Waals surface area contributed by atoms with Crippen LogP contribution < -0.4 is 26.2 Å². The zero-order valence-electron chi connectivity index (χ0n) is 35.4. The summed E-state index contributed by atoms with van der Waals surface area (Å²) in [7, 11) is 0. The number of piperidine rings is 1. The highest BCUT2D eigenvalue weighted by Gasteiger charge is 2.42. The van der Waals surface area contributed by atoms with Crippen LogP contribution in [0.25, 0.3) is 10.9 Å². The van der Waals surface area contributed by atoms with Gasteiger partial charge in [-0.2, -0.15) is 0 Å². The molecule has 0 spiro atoms. The molecule has 7 rings (SSSR count). The predicted octanol–water partition coefficient (Wildman–Crippen LogP) is 4.67. The van der Waals surface area contributed by atoms with E-state index >= 15 is 0 Å². The van der Waals surface area contributed by atoms with E-state index in [9.17, 15) is 34.5 Å². The van der Waals surface area contributed by atoms with Gasteiger partial charge in [0.1, 0.15) is 11.5 Å². The Kier molecular flexibility index (Phi) is 15.2. The number of phenols is 1. The highest BCUT2D eigenvalue weighted by Crippen LogP contribution is 2.34. The Balaban J connectivity index is 0.833.